The lowest BCUT2D eigenvalue weighted by atomic mass is 10.1. The molecule has 2 N–H and O–H groups in total. The van der Waals surface area contributed by atoms with Crippen molar-refractivity contribution in [3.8, 4) is 5.69 Å². The fourth-order valence-electron chi connectivity index (χ4n) is 2.53. The molecule has 0 radical (unpaired) electrons. The van der Waals surface area contributed by atoms with Crippen molar-refractivity contribution in [3.05, 3.63) is 70.5 Å². The topological polar surface area (TPSA) is 88.9 Å². The van der Waals surface area contributed by atoms with E-state index < -0.39 is 5.91 Å². The predicted octanol–water partition coefficient (Wildman–Crippen LogP) is 3.09. The van der Waals surface area contributed by atoms with Crippen LogP contribution in [0.3, 0.4) is 0 Å². The molecule has 0 spiro atoms. The molecule has 0 fully saturated rings. The van der Waals surface area contributed by atoms with Gasteiger partial charge in [-0.1, -0.05) is 41.1 Å². The summed E-state index contributed by atoms with van der Waals surface area (Å²) in [6.45, 7) is 4.04. The van der Waals surface area contributed by atoms with Gasteiger partial charge in [-0.2, -0.15) is 0 Å². The van der Waals surface area contributed by atoms with Gasteiger partial charge in [0.05, 0.1) is 11.4 Å². The summed E-state index contributed by atoms with van der Waals surface area (Å²) in [4.78, 5) is 24.1. The van der Waals surface area contributed by atoms with E-state index in [9.17, 15) is 9.59 Å². The van der Waals surface area contributed by atoms with Gasteiger partial charge in [0.25, 0.3) is 5.91 Å². The summed E-state index contributed by atoms with van der Waals surface area (Å²) >= 11 is 7.02. The van der Waals surface area contributed by atoms with Gasteiger partial charge in [0.15, 0.2) is 5.16 Å². The molecule has 1 heterocycles. The number of nitrogens with zero attached hydrogens (tertiary/aromatic N) is 3. The van der Waals surface area contributed by atoms with Crippen LogP contribution in [-0.2, 0) is 4.79 Å². The van der Waals surface area contributed by atoms with Crippen molar-refractivity contribution in [2.75, 3.05) is 5.75 Å². The zero-order valence-electron chi connectivity index (χ0n) is 15.3. The molecule has 2 amide bonds. The first kappa shape index (κ1) is 19.9. The summed E-state index contributed by atoms with van der Waals surface area (Å²) in [5.74, 6) is -0.708. The lowest BCUT2D eigenvalue weighted by Gasteiger charge is -2.10. The van der Waals surface area contributed by atoms with Gasteiger partial charge in [0.2, 0.25) is 5.91 Å². The Morgan fingerprint density at radius 3 is 2.57 bits per heavy atom. The SMILES string of the molecule is Cc1ccc(-n2cnnc2SCC(=O)NNC(=O)c2ccc(Cl)cc2)c(C)c1. The minimum absolute atomic E-state index is 0.0739. The maximum absolute atomic E-state index is 12.1. The number of amides is 2. The van der Waals surface area contributed by atoms with E-state index in [1.807, 2.05) is 30.5 Å². The monoisotopic (exact) mass is 415 g/mol. The van der Waals surface area contributed by atoms with Gasteiger partial charge >= 0.3 is 0 Å². The molecule has 0 saturated carbocycles. The van der Waals surface area contributed by atoms with Crippen LogP contribution in [-0.4, -0.2) is 32.3 Å². The molecule has 0 aliphatic rings. The smallest absolute Gasteiger partial charge is 0.269 e. The van der Waals surface area contributed by atoms with Crippen molar-refractivity contribution >= 4 is 35.2 Å². The van der Waals surface area contributed by atoms with E-state index in [2.05, 4.69) is 27.1 Å². The first-order valence-electron chi connectivity index (χ1n) is 8.39. The number of aryl methyl sites for hydroxylation is 2. The highest BCUT2D eigenvalue weighted by Crippen LogP contribution is 2.22. The van der Waals surface area contributed by atoms with Gasteiger partial charge in [0.1, 0.15) is 6.33 Å². The highest BCUT2D eigenvalue weighted by molar-refractivity contribution is 7.99. The number of thioether (sulfide) groups is 1. The molecule has 144 valence electrons. The number of aromatic nitrogens is 3. The third-order valence-corrected chi connectivity index (χ3v) is 5.08. The molecule has 9 heteroatoms. The number of hydrogen-bond acceptors (Lipinski definition) is 5. The molecule has 1 aromatic heterocycles. The minimum atomic E-state index is -0.423. The summed E-state index contributed by atoms with van der Waals surface area (Å²) in [5, 5.41) is 9.14. The molecular weight excluding hydrogens is 398 g/mol. The maximum Gasteiger partial charge on any atom is 0.269 e. The third kappa shape index (κ3) is 4.90. The lowest BCUT2D eigenvalue weighted by Crippen LogP contribution is -2.42. The van der Waals surface area contributed by atoms with Gasteiger partial charge < -0.3 is 0 Å². The summed E-state index contributed by atoms with van der Waals surface area (Å²) in [7, 11) is 0. The molecule has 0 aliphatic heterocycles. The van der Waals surface area contributed by atoms with Crippen LogP contribution in [0.4, 0.5) is 0 Å². The standard InChI is InChI=1S/C19H18ClN5O2S/c1-12-3-8-16(13(2)9-12)25-11-21-24-19(25)28-10-17(26)22-23-18(27)14-4-6-15(20)7-5-14/h3-9,11H,10H2,1-2H3,(H,22,26)(H,23,27). The van der Waals surface area contributed by atoms with E-state index in [4.69, 9.17) is 11.6 Å². The number of rotatable bonds is 5. The Kier molecular flexibility index (Phi) is 6.33. The number of nitrogens with one attached hydrogen (secondary N) is 2. The Hall–Kier alpha value is -2.84. The number of carbonyl (C=O) groups is 2. The number of benzene rings is 2. The van der Waals surface area contributed by atoms with Crippen molar-refractivity contribution in [1.82, 2.24) is 25.6 Å². The summed E-state index contributed by atoms with van der Waals surface area (Å²) in [6, 6.07) is 12.4. The highest BCUT2D eigenvalue weighted by Gasteiger charge is 2.13. The van der Waals surface area contributed by atoms with Crippen molar-refractivity contribution in [1.29, 1.82) is 0 Å². The number of halogens is 1. The van der Waals surface area contributed by atoms with Crippen molar-refractivity contribution in [2.24, 2.45) is 0 Å². The van der Waals surface area contributed by atoms with Gasteiger partial charge in [-0.05, 0) is 49.7 Å². The average Bonchev–Trinajstić information content (AvgIpc) is 3.13. The van der Waals surface area contributed by atoms with Crippen LogP contribution >= 0.6 is 23.4 Å². The summed E-state index contributed by atoms with van der Waals surface area (Å²) < 4.78 is 1.83. The number of carbonyl (C=O) groups excluding carboxylic acids is 2. The number of hydrazine groups is 1. The first-order valence-corrected chi connectivity index (χ1v) is 9.75. The van der Waals surface area contributed by atoms with Crippen LogP contribution in [0.2, 0.25) is 5.02 Å². The molecule has 28 heavy (non-hydrogen) atoms. The Morgan fingerprint density at radius 2 is 1.86 bits per heavy atom. The van der Waals surface area contributed by atoms with E-state index in [0.717, 1.165) is 11.3 Å². The molecule has 3 aromatic rings. The van der Waals surface area contributed by atoms with Crippen molar-refractivity contribution in [3.63, 3.8) is 0 Å². The fourth-order valence-corrected chi connectivity index (χ4v) is 3.38. The molecule has 0 atom stereocenters. The largest absolute Gasteiger partial charge is 0.276 e. The average molecular weight is 416 g/mol. The van der Waals surface area contributed by atoms with Gasteiger partial charge in [-0.25, -0.2) is 0 Å². The zero-order chi connectivity index (χ0) is 20.1. The molecule has 7 nitrogen and oxygen atoms in total. The van der Waals surface area contributed by atoms with E-state index in [1.165, 1.54) is 17.3 Å². The molecule has 0 aliphatic carbocycles. The molecule has 3 rings (SSSR count). The quantitative estimate of drug-likeness (QED) is 0.493. The normalized spacial score (nSPS) is 10.5. The van der Waals surface area contributed by atoms with Crippen LogP contribution in [0.15, 0.2) is 53.9 Å². The molecule has 0 unspecified atom stereocenters. The van der Waals surface area contributed by atoms with E-state index in [0.29, 0.717) is 15.7 Å². The second-order valence-electron chi connectivity index (χ2n) is 6.07. The second-order valence-corrected chi connectivity index (χ2v) is 7.45. The highest BCUT2D eigenvalue weighted by atomic mass is 35.5. The Bertz CT molecular complexity index is 1000. The first-order chi connectivity index (χ1) is 13.4. The molecular formula is C19H18ClN5O2S. The fraction of sp³-hybridized carbons (Fsp3) is 0.158. The molecule has 0 bridgehead atoms. The van der Waals surface area contributed by atoms with Crippen LogP contribution in [0, 0.1) is 13.8 Å². The van der Waals surface area contributed by atoms with Crippen molar-refractivity contribution < 1.29 is 9.59 Å². The third-order valence-electron chi connectivity index (χ3n) is 3.88. The Balaban J connectivity index is 1.56. The van der Waals surface area contributed by atoms with Crippen molar-refractivity contribution in [2.45, 2.75) is 19.0 Å². The lowest BCUT2D eigenvalue weighted by molar-refractivity contribution is -0.119. The van der Waals surface area contributed by atoms with Gasteiger partial charge in [-0.15, -0.1) is 10.2 Å². The van der Waals surface area contributed by atoms with E-state index in [1.54, 1.807) is 30.6 Å². The summed E-state index contributed by atoms with van der Waals surface area (Å²) in [6.07, 6.45) is 1.61. The van der Waals surface area contributed by atoms with Gasteiger partial charge in [0, 0.05) is 10.6 Å². The van der Waals surface area contributed by atoms with Gasteiger partial charge in [-0.3, -0.25) is 25.0 Å². The van der Waals surface area contributed by atoms with E-state index in [-0.39, 0.29) is 11.7 Å². The molecule has 2 aromatic carbocycles. The van der Waals surface area contributed by atoms with E-state index >= 15 is 0 Å². The van der Waals surface area contributed by atoms with Crippen LogP contribution < -0.4 is 10.9 Å². The minimum Gasteiger partial charge on any atom is -0.276 e. The number of hydrogen-bond donors (Lipinski definition) is 2. The van der Waals surface area contributed by atoms with Crippen LogP contribution in [0.5, 0.6) is 0 Å². The summed E-state index contributed by atoms with van der Waals surface area (Å²) in [5.41, 5.74) is 8.36. The maximum atomic E-state index is 12.1. The van der Waals surface area contributed by atoms with Crippen LogP contribution in [0.1, 0.15) is 21.5 Å². The second kappa shape index (κ2) is 8.90. The zero-order valence-corrected chi connectivity index (χ0v) is 16.8. The predicted molar refractivity (Wildman–Crippen MR) is 109 cm³/mol. The van der Waals surface area contributed by atoms with Crippen LogP contribution in [0.25, 0.3) is 5.69 Å². The molecule has 0 saturated heterocycles. The Morgan fingerprint density at radius 1 is 1.11 bits per heavy atom. The Labute approximate surface area is 171 Å².